The lowest BCUT2D eigenvalue weighted by Crippen LogP contribution is -2.40. The minimum atomic E-state index is -0.472. The van der Waals surface area contributed by atoms with Crippen LogP contribution < -0.4 is 10.6 Å². The largest absolute Gasteiger partial charge is 0.507 e. The molecule has 3 heterocycles. The number of nitrogens with one attached hydrogen (secondary N) is 2. The van der Waals surface area contributed by atoms with E-state index in [-0.39, 0.29) is 11.3 Å². The first-order chi connectivity index (χ1) is 12.5. The first-order valence-corrected chi connectivity index (χ1v) is 9.06. The van der Waals surface area contributed by atoms with Crippen molar-refractivity contribution in [1.29, 1.82) is 0 Å². The molecule has 1 aromatic carbocycles. The van der Waals surface area contributed by atoms with Crippen molar-refractivity contribution in [2.75, 3.05) is 25.5 Å². The summed E-state index contributed by atoms with van der Waals surface area (Å²) in [4.78, 5) is 2.31. The molecule has 7 heteroatoms. The Morgan fingerprint density at radius 3 is 2.85 bits per heavy atom. The van der Waals surface area contributed by atoms with Gasteiger partial charge in [-0.2, -0.15) is 0 Å². The summed E-state index contributed by atoms with van der Waals surface area (Å²) in [5.74, 6) is 0.196. The first-order valence-electron chi connectivity index (χ1n) is 9.06. The molecule has 1 saturated heterocycles. The molecular weight excluding hydrogens is 333 g/mol. The summed E-state index contributed by atoms with van der Waals surface area (Å²) in [5, 5.41) is 25.7. The molecule has 1 aromatic heterocycles. The third-order valence-corrected chi connectivity index (χ3v) is 5.21. The quantitative estimate of drug-likeness (QED) is 0.783. The molecule has 26 heavy (non-hydrogen) atoms. The number of likely N-dealkylation sites (N-methyl/N-ethyl adjacent to an activating group) is 1. The van der Waals surface area contributed by atoms with Crippen molar-refractivity contribution in [3.8, 4) is 17.0 Å². The molecule has 1 fully saturated rings. The van der Waals surface area contributed by atoms with Gasteiger partial charge in [0.1, 0.15) is 17.3 Å². The molecule has 138 valence electrons. The number of halogens is 1. The van der Waals surface area contributed by atoms with E-state index in [1.807, 2.05) is 0 Å². The SMILES string of the molecule is Cc1cc(O)c(-c2nnc(N[C@@H]3CCCN(C)C3)c3c2CNC3)c(F)c1. The summed E-state index contributed by atoms with van der Waals surface area (Å²) in [7, 11) is 2.12. The molecule has 0 bridgehead atoms. The van der Waals surface area contributed by atoms with Gasteiger partial charge in [-0.25, -0.2) is 4.39 Å². The normalized spacial score (nSPS) is 20.2. The van der Waals surface area contributed by atoms with E-state index in [0.29, 0.717) is 30.4 Å². The summed E-state index contributed by atoms with van der Waals surface area (Å²) in [6.07, 6.45) is 2.26. The van der Waals surface area contributed by atoms with Gasteiger partial charge in [-0.3, -0.25) is 0 Å². The van der Waals surface area contributed by atoms with Crippen LogP contribution >= 0.6 is 0 Å². The molecule has 0 aliphatic carbocycles. The monoisotopic (exact) mass is 357 g/mol. The number of piperidine rings is 1. The minimum Gasteiger partial charge on any atom is -0.507 e. The van der Waals surface area contributed by atoms with Gasteiger partial charge < -0.3 is 20.6 Å². The molecule has 1 atom stereocenters. The van der Waals surface area contributed by atoms with Crippen LogP contribution in [0.1, 0.15) is 29.5 Å². The Balaban J connectivity index is 1.71. The number of likely N-dealkylation sites (tertiary alicyclic amines) is 1. The fourth-order valence-corrected chi connectivity index (χ4v) is 3.95. The van der Waals surface area contributed by atoms with Crippen molar-refractivity contribution in [3.05, 3.63) is 34.6 Å². The van der Waals surface area contributed by atoms with Crippen LogP contribution in [0.15, 0.2) is 12.1 Å². The zero-order chi connectivity index (χ0) is 18.3. The van der Waals surface area contributed by atoms with Crippen LogP contribution in [0.3, 0.4) is 0 Å². The van der Waals surface area contributed by atoms with Gasteiger partial charge in [0.25, 0.3) is 0 Å². The lowest BCUT2D eigenvalue weighted by atomic mass is 10.0. The van der Waals surface area contributed by atoms with Gasteiger partial charge in [0.15, 0.2) is 5.82 Å². The lowest BCUT2D eigenvalue weighted by molar-refractivity contribution is 0.260. The Bertz CT molecular complexity index is 818. The number of rotatable bonds is 3. The summed E-state index contributed by atoms with van der Waals surface area (Å²) < 4.78 is 14.5. The number of nitrogens with zero attached hydrogens (tertiary/aromatic N) is 3. The average Bonchev–Trinajstić information content (AvgIpc) is 3.06. The summed E-state index contributed by atoms with van der Waals surface area (Å²) >= 11 is 0. The van der Waals surface area contributed by atoms with Gasteiger partial charge >= 0.3 is 0 Å². The molecule has 2 aromatic rings. The number of aryl methyl sites for hydroxylation is 1. The first kappa shape index (κ1) is 17.2. The number of benzene rings is 1. The van der Waals surface area contributed by atoms with Crippen molar-refractivity contribution in [3.63, 3.8) is 0 Å². The topological polar surface area (TPSA) is 73.3 Å². The molecule has 0 saturated carbocycles. The van der Waals surface area contributed by atoms with Crippen LogP contribution in [-0.2, 0) is 13.1 Å². The van der Waals surface area contributed by atoms with Crippen molar-refractivity contribution >= 4 is 5.82 Å². The maximum Gasteiger partial charge on any atom is 0.153 e. The van der Waals surface area contributed by atoms with E-state index in [1.54, 1.807) is 13.0 Å². The number of hydrogen-bond acceptors (Lipinski definition) is 6. The summed E-state index contributed by atoms with van der Waals surface area (Å²) in [6, 6.07) is 3.30. The number of phenols is 1. The van der Waals surface area contributed by atoms with Gasteiger partial charge in [-0.1, -0.05) is 0 Å². The number of aromatic nitrogens is 2. The second-order valence-corrected chi connectivity index (χ2v) is 7.34. The predicted octanol–water partition coefficient (Wildman–Crippen LogP) is 2.41. The van der Waals surface area contributed by atoms with E-state index in [4.69, 9.17) is 0 Å². The molecular formula is C19H24FN5O. The van der Waals surface area contributed by atoms with Crippen LogP contribution in [0.5, 0.6) is 5.75 Å². The summed E-state index contributed by atoms with van der Waals surface area (Å²) in [6.45, 7) is 5.09. The maximum atomic E-state index is 14.5. The molecule has 2 aliphatic heterocycles. The van der Waals surface area contributed by atoms with Crippen LogP contribution in [0, 0.1) is 12.7 Å². The summed E-state index contributed by atoms with van der Waals surface area (Å²) in [5.41, 5.74) is 3.15. The molecule has 4 rings (SSSR count). The highest BCUT2D eigenvalue weighted by molar-refractivity contribution is 5.73. The van der Waals surface area contributed by atoms with Crippen LogP contribution in [-0.4, -0.2) is 46.4 Å². The Hall–Kier alpha value is -2.25. The van der Waals surface area contributed by atoms with Crippen molar-refractivity contribution in [2.45, 2.75) is 38.9 Å². The van der Waals surface area contributed by atoms with E-state index in [9.17, 15) is 9.50 Å². The zero-order valence-electron chi connectivity index (χ0n) is 15.1. The standard InChI is InChI=1S/C19H24FN5O/c1-11-6-15(20)17(16(26)7-11)18-13-8-21-9-14(13)19(24-23-18)22-12-4-3-5-25(2)10-12/h6-7,12,21,26H,3-5,8-10H2,1-2H3,(H,22,24)/t12-/m1/s1. The van der Waals surface area contributed by atoms with Crippen LogP contribution in [0.25, 0.3) is 11.3 Å². The van der Waals surface area contributed by atoms with Gasteiger partial charge in [0.05, 0.1) is 5.56 Å². The number of anilines is 1. The van der Waals surface area contributed by atoms with Crippen molar-refractivity contribution in [2.24, 2.45) is 0 Å². The van der Waals surface area contributed by atoms with Crippen LogP contribution in [0.4, 0.5) is 10.2 Å². The van der Waals surface area contributed by atoms with Gasteiger partial charge in [-0.05, 0) is 51.1 Å². The average molecular weight is 357 g/mol. The Labute approximate surface area is 152 Å². The fourth-order valence-electron chi connectivity index (χ4n) is 3.95. The smallest absolute Gasteiger partial charge is 0.153 e. The number of phenolic OH excluding ortho intramolecular Hbond substituents is 1. The Kier molecular flexibility index (Phi) is 4.50. The minimum absolute atomic E-state index is 0.0967. The molecule has 6 nitrogen and oxygen atoms in total. The number of hydrogen-bond donors (Lipinski definition) is 3. The van der Waals surface area contributed by atoms with Gasteiger partial charge in [0.2, 0.25) is 0 Å². The molecule has 0 spiro atoms. The van der Waals surface area contributed by atoms with Crippen LogP contribution in [0.2, 0.25) is 0 Å². The highest BCUT2D eigenvalue weighted by atomic mass is 19.1. The highest BCUT2D eigenvalue weighted by Gasteiger charge is 2.27. The molecule has 2 aliphatic rings. The van der Waals surface area contributed by atoms with E-state index >= 15 is 0 Å². The molecule has 3 N–H and O–H groups in total. The number of aromatic hydroxyl groups is 1. The van der Waals surface area contributed by atoms with Gasteiger partial charge in [0, 0.05) is 36.8 Å². The predicted molar refractivity (Wildman–Crippen MR) is 98.5 cm³/mol. The highest BCUT2D eigenvalue weighted by Crippen LogP contribution is 2.37. The zero-order valence-corrected chi connectivity index (χ0v) is 15.1. The number of fused-ring (bicyclic) bond motifs is 1. The van der Waals surface area contributed by atoms with E-state index in [0.717, 1.165) is 42.9 Å². The fraction of sp³-hybridized carbons (Fsp3) is 0.474. The second kappa shape index (κ2) is 6.81. The lowest BCUT2D eigenvalue weighted by Gasteiger charge is -2.30. The van der Waals surface area contributed by atoms with E-state index in [1.165, 1.54) is 6.07 Å². The van der Waals surface area contributed by atoms with E-state index in [2.05, 4.69) is 32.8 Å². The Morgan fingerprint density at radius 1 is 1.27 bits per heavy atom. The third kappa shape index (κ3) is 3.12. The molecule has 0 amide bonds. The van der Waals surface area contributed by atoms with Crippen molar-refractivity contribution in [1.82, 2.24) is 20.4 Å². The second-order valence-electron chi connectivity index (χ2n) is 7.34. The molecule has 0 unspecified atom stereocenters. The molecule has 0 radical (unpaired) electrons. The maximum absolute atomic E-state index is 14.5. The van der Waals surface area contributed by atoms with Gasteiger partial charge in [-0.15, -0.1) is 10.2 Å². The van der Waals surface area contributed by atoms with Crippen molar-refractivity contribution < 1.29 is 9.50 Å². The van der Waals surface area contributed by atoms with E-state index < -0.39 is 5.82 Å². The Morgan fingerprint density at radius 2 is 2.08 bits per heavy atom. The third-order valence-electron chi connectivity index (χ3n) is 5.21.